The molecule has 3 aromatic carbocycles. The van der Waals surface area contributed by atoms with Crippen LogP contribution in [0.4, 0.5) is 17.5 Å². The van der Waals surface area contributed by atoms with Crippen LogP contribution in [-0.4, -0.2) is 19.9 Å². The third-order valence-corrected chi connectivity index (χ3v) is 6.42. The highest BCUT2D eigenvalue weighted by molar-refractivity contribution is 7.17. The molecule has 0 fully saturated rings. The normalized spacial score (nSPS) is 11.3. The van der Waals surface area contributed by atoms with Crippen molar-refractivity contribution in [3.05, 3.63) is 108 Å². The number of benzene rings is 3. The van der Waals surface area contributed by atoms with Gasteiger partial charge in [-0.1, -0.05) is 66.7 Å². The molecule has 0 bridgehead atoms. The van der Waals surface area contributed by atoms with Gasteiger partial charge in [0.2, 0.25) is 5.95 Å². The largest absolute Gasteiger partial charge is 0.343 e. The molecule has 6 nitrogen and oxygen atoms in total. The van der Waals surface area contributed by atoms with Crippen molar-refractivity contribution >= 4 is 50.0 Å². The van der Waals surface area contributed by atoms with Crippen LogP contribution in [0.3, 0.4) is 0 Å². The molecule has 0 amide bonds. The van der Waals surface area contributed by atoms with E-state index in [1.54, 1.807) is 17.7 Å². The first-order valence-electron chi connectivity index (χ1n) is 10.7. The summed E-state index contributed by atoms with van der Waals surface area (Å²) in [7, 11) is 0. The van der Waals surface area contributed by atoms with E-state index in [2.05, 4.69) is 79.5 Å². The zero-order chi connectivity index (χ0) is 22.0. The molecular formula is C26H20N6S. The minimum atomic E-state index is -0.0980. The molecule has 7 heteroatoms. The Kier molecular flexibility index (Phi) is 4.93. The highest BCUT2D eigenvalue weighted by atomic mass is 32.1. The van der Waals surface area contributed by atoms with Gasteiger partial charge in [0.1, 0.15) is 5.52 Å². The molecule has 0 atom stereocenters. The van der Waals surface area contributed by atoms with Crippen LogP contribution in [0, 0.1) is 0 Å². The summed E-state index contributed by atoms with van der Waals surface area (Å²) in [5.41, 5.74) is 4.60. The summed E-state index contributed by atoms with van der Waals surface area (Å²) >= 11 is 1.72. The van der Waals surface area contributed by atoms with Gasteiger partial charge in [0, 0.05) is 10.4 Å². The second-order valence-electron chi connectivity index (χ2n) is 7.69. The molecule has 6 aromatic rings. The van der Waals surface area contributed by atoms with E-state index in [1.165, 1.54) is 10.1 Å². The summed E-state index contributed by atoms with van der Waals surface area (Å²) in [5.74, 6) is 1.18. The minimum Gasteiger partial charge on any atom is -0.343 e. The summed E-state index contributed by atoms with van der Waals surface area (Å²) in [6.45, 7) is 0. The molecule has 0 aliphatic rings. The first-order chi connectivity index (χ1) is 16.3. The first kappa shape index (κ1) is 19.5. The van der Waals surface area contributed by atoms with Crippen molar-refractivity contribution in [2.75, 3.05) is 10.6 Å². The van der Waals surface area contributed by atoms with Gasteiger partial charge >= 0.3 is 0 Å². The lowest BCUT2D eigenvalue weighted by molar-refractivity contribution is 0.912. The molecule has 160 valence electrons. The third kappa shape index (κ3) is 3.90. The maximum absolute atomic E-state index is 4.83. The summed E-state index contributed by atoms with van der Waals surface area (Å²) in [4.78, 5) is 17.0. The number of nitrogens with zero attached hydrogens (tertiary/aromatic N) is 3. The Bertz CT molecular complexity index is 1480. The van der Waals surface area contributed by atoms with E-state index < -0.39 is 0 Å². The number of imidazole rings is 1. The van der Waals surface area contributed by atoms with Gasteiger partial charge in [-0.05, 0) is 40.1 Å². The number of aromatic nitrogens is 4. The van der Waals surface area contributed by atoms with Crippen molar-refractivity contribution in [2.24, 2.45) is 0 Å². The van der Waals surface area contributed by atoms with Crippen LogP contribution in [0.5, 0.6) is 0 Å². The molecule has 0 radical (unpaired) electrons. The second-order valence-corrected chi connectivity index (χ2v) is 8.64. The van der Waals surface area contributed by atoms with E-state index in [-0.39, 0.29) is 6.04 Å². The summed E-state index contributed by atoms with van der Waals surface area (Å²) < 4.78 is 1.22. The topological polar surface area (TPSA) is 78.5 Å². The number of aromatic amines is 1. The fraction of sp³-hybridized carbons (Fsp3) is 0.0385. The van der Waals surface area contributed by atoms with E-state index >= 15 is 0 Å². The Hall–Kier alpha value is -4.23. The molecule has 3 N–H and O–H groups in total. The maximum atomic E-state index is 4.83. The highest BCUT2D eigenvalue weighted by Gasteiger charge is 2.17. The molecular weight excluding hydrogens is 428 g/mol. The van der Waals surface area contributed by atoms with Gasteiger partial charge < -0.3 is 15.6 Å². The van der Waals surface area contributed by atoms with Gasteiger partial charge in [0.05, 0.1) is 12.4 Å². The third-order valence-electron chi connectivity index (χ3n) is 5.54. The Balaban J connectivity index is 1.39. The lowest BCUT2D eigenvalue weighted by Gasteiger charge is -2.20. The van der Waals surface area contributed by atoms with E-state index in [0.717, 1.165) is 22.3 Å². The Labute approximate surface area is 194 Å². The Morgan fingerprint density at radius 2 is 1.58 bits per heavy atom. The molecule has 0 spiro atoms. The van der Waals surface area contributed by atoms with Gasteiger partial charge in [-0.15, -0.1) is 11.3 Å². The van der Waals surface area contributed by atoms with Crippen LogP contribution in [0.25, 0.3) is 21.3 Å². The SMILES string of the molecule is c1ccc(C(Nc2nc(Nc3ccc4ccsc4c3)c3[nH]cnc3n2)c2ccccc2)cc1. The lowest BCUT2D eigenvalue weighted by atomic mass is 9.99. The fourth-order valence-electron chi connectivity index (χ4n) is 3.94. The number of hydrogen-bond donors (Lipinski definition) is 3. The zero-order valence-electron chi connectivity index (χ0n) is 17.6. The van der Waals surface area contributed by atoms with Gasteiger partial charge in [-0.2, -0.15) is 9.97 Å². The number of anilines is 3. The Morgan fingerprint density at radius 1 is 0.818 bits per heavy atom. The smallest absolute Gasteiger partial charge is 0.227 e. The summed E-state index contributed by atoms with van der Waals surface area (Å²) in [6.07, 6.45) is 1.64. The van der Waals surface area contributed by atoms with Gasteiger partial charge in [-0.3, -0.25) is 0 Å². The highest BCUT2D eigenvalue weighted by Crippen LogP contribution is 2.30. The second kappa shape index (κ2) is 8.37. The number of thiophene rings is 1. The van der Waals surface area contributed by atoms with Crippen LogP contribution in [0.1, 0.15) is 17.2 Å². The molecule has 0 saturated carbocycles. The predicted octanol–water partition coefficient (Wildman–Crippen LogP) is 6.51. The van der Waals surface area contributed by atoms with E-state index in [4.69, 9.17) is 4.98 Å². The number of rotatable bonds is 6. The van der Waals surface area contributed by atoms with Crippen molar-refractivity contribution in [1.29, 1.82) is 0 Å². The molecule has 0 aliphatic carbocycles. The molecule has 0 saturated heterocycles. The van der Waals surface area contributed by atoms with Gasteiger partial charge in [0.15, 0.2) is 11.5 Å². The summed E-state index contributed by atoms with van der Waals surface area (Å²) in [6, 6.07) is 28.9. The molecule has 0 aliphatic heterocycles. The molecule has 33 heavy (non-hydrogen) atoms. The quantitative estimate of drug-likeness (QED) is 0.271. The van der Waals surface area contributed by atoms with Crippen LogP contribution in [-0.2, 0) is 0 Å². The number of fused-ring (bicyclic) bond motifs is 2. The van der Waals surface area contributed by atoms with Gasteiger partial charge in [-0.25, -0.2) is 4.98 Å². The Morgan fingerprint density at radius 3 is 2.33 bits per heavy atom. The first-order valence-corrected chi connectivity index (χ1v) is 11.5. The monoisotopic (exact) mass is 448 g/mol. The van der Waals surface area contributed by atoms with Crippen LogP contribution < -0.4 is 10.6 Å². The van der Waals surface area contributed by atoms with E-state index in [0.29, 0.717) is 17.4 Å². The molecule has 0 unspecified atom stereocenters. The van der Waals surface area contributed by atoms with Crippen molar-refractivity contribution in [3.63, 3.8) is 0 Å². The van der Waals surface area contributed by atoms with Crippen molar-refractivity contribution in [2.45, 2.75) is 6.04 Å². The average Bonchev–Trinajstić information content (AvgIpc) is 3.53. The predicted molar refractivity (Wildman–Crippen MR) is 135 cm³/mol. The number of nitrogens with one attached hydrogen (secondary N) is 3. The summed E-state index contributed by atoms with van der Waals surface area (Å²) in [5, 5.41) is 10.3. The zero-order valence-corrected chi connectivity index (χ0v) is 18.4. The molecule has 3 aromatic heterocycles. The van der Waals surface area contributed by atoms with Crippen molar-refractivity contribution < 1.29 is 0 Å². The van der Waals surface area contributed by atoms with Crippen molar-refractivity contribution in [3.8, 4) is 0 Å². The van der Waals surface area contributed by atoms with Crippen LogP contribution in [0.2, 0.25) is 0 Å². The van der Waals surface area contributed by atoms with Gasteiger partial charge in [0.25, 0.3) is 0 Å². The number of H-pyrrole nitrogens is 1. The van der Waals surface area contributed by atoms with Crippen molar-refractivity contribution in [1.82, 2.24) is 19.9 Å². The minimum absolute atomic E-state index is 0.0980. The van der Waals surface area contributed by atoms with Crippen LogP contribution >= 0.6 is 11.3 Å². The molecule has 3 heterocycles. The van der Waals surface area contributed by atoms with E-state index in [1.807, 2.05) is 36.4 Å². The van der Waals surface area contributed by atoms with Crippen LogP contribution in [0.15, 0.2) is 96.6 Å². The standard InChI is InChI=1S/C26H20N6S/c1-3-7-18(8-4-1)22(19-9-5-2-6-10-19)30-26-31-24-23(27-16-28-24)25(32-26)29-20-12-11-17-13-14-33-21(17)15-20/h1-16,22H,(H3,27,28,29,30,31,32). The maximum Gasteiger partial charge on any atom is 0.227 e. The average molecular weight is 449 g/mol. The lowest BCUT2D eigenvalue weighted by Crippen LogP contribution is -2.15. The molecule has 6 rings (SSSR count). The number of hydrogen-bond acceptors (Lipinski definition) is 6. The van der Waals surface area contributed by atoms with E-state index in [9.17, 15) is 0 Å². The fourth-order valence-corrected chi connectivity index (χ4v) is 4.77.